The Morgan fingerprint density at radius 2 is 2.11 bits per heavy atom. The molecule has 18 heavy (non-hydrogen) atoms. The first kappa shape index (κ1) is 14.9. The topological polar surface area (TPSA) is 104 Å². The number of carboxylic acid groups (broad SMARTS) is 1. The Morgan fingerprint density at radius 3 is 2.67 bits per heavy atom. The summed E-state index contributed by atoms with van der Waals surface area (Å²) >= 11 is 0. The molecule has 1 rings (SSSR count). The molecule has 0 aromatic carbocycles. The summed E-state index contributed by atoms with van der Waals surface area (Å²) in [5.74, 6) is -1.56. The Morgan fingerprint density at radius 1 is 1.44 bits per heavy atom. The summed E-state index contributed by atoms with van der Waals surface area (Å²) in [4.78, 5) is 21.9. The van der Waals surface area contributed by atoms with Crippen molar-refractivity contribution in [3.63, 3.8) is 0 Å². The van der Waals surface area contributed by atoms with Crippen molar-refractivity contribution in [2.24, 2.45) is 0 Å². The summed E-state index contributed by atoms with van der Waals surface area (Å²) < 4.78 is 25.2. The number of carbonyl (C=O) groups is 2. The third kappa shape index (κ3) is 3.67. The average Bonchev–Trinajstić information content (AvgIpc) is 2.76. The van der Waals surface area contributed by atoms with Crippen LogP contribution in [-0.4, -0.2) is 55.1 Å². The molecule has 0 aliphatic carbocycles. The number of rotatable bonds is 6. The first-order valence-electron chi connectivity index (χ1n) is 5.81. The van der Waals surface area contributed by atoms with Crippen LogP contribution in [0.5, 0.6) is 0 Å². The molecular formula is C10H18N2O5S. The predicted octanol–water partition coefficient (Wildman–Crippen LogP) is -0.609. The maximum Gasteiger partial charge on any atom is 0.303 e. The quantitative estimate of drug-likeness (QED) is 0.674. The van der Waals surface area contributed by atoms with Crippen molar-refractivity contribution in [1.29, 1.82) is 0 Å². The molecule has 0 aromatic rings. The summed E-state index contributed by atoms with van der Waals surface area (Å²) in [6.07, 6.45) is 1.04. The fourth-order valence-electron chi connectivity index (χ4n) is 2.02. The van der Waals surface area contributed by atoms with Gasteiger partial charge in [-0.25, -0.2) is 8.42 Å². The van der Waals surface area contributed by atoms with Gasteiger partial charge in [0.05, 0.1) is 5.75 Å². The van der Waals surface area contributed by atoms with E-state index in [1.54, 1.807) is 0 Å². The van der Waals surface area contributed by atoms with Crippen molar-refractivity contribution in [2.45, 2.75) is 31.7 Å². The second-order valence-electron chi connectivity index (χ2n) is 4.20. The fourth-order valence-corrected chi connectivity index (χ4v) is 3.76. The fraction of sp³-hybridized carbons (Fsp3) is 0.800. The largest absolute Gasteiger partial charge is 0.481 e. The van der Waals surface area contributed by atoms with Crippen LogP contribution in [0.4, 0.5) is 0 Å². The lowest BCUT2D eigenvalue weighted by Crippen LogP contribution is -2.45. The first-order valence-corrected chi connectivity index (χ1v) is 7.42. The van der Waals surface area contributed by atoms with Crippen molar-refractivity contribution in [3.05, 3.63) is 0 Å². The van der Waals surface area contributed by atoms with Gasteiger partial charge in [0.2, 0.25) is 15.9 Å². The van der Waals surface area contributed by atoms with E-state index in [2.05, 4.69) is 5.32 Å². The minimum atomic E-state index is -3.55. The van der Waals surface area contributed by atoms with E-state index in [1.165, 1.54) is 11.4 Å². The van der Waals surface area contributed by atoms with Crippen LogP contribution in [0.3, 0.4) is 0 Å². The van der Waals surface area contributed by atoms with Crippen LogP contribution >= 0.6 is 0 Å². The number of carbonyl (C=O) groups excluding carboxylic acids is 1. The second-order valence-corrected chi connectivity index (χ2v) is 6.24. The summed E-state index contributed by atoms with van der Waals surface area (Å²) in [5.41, 5.74) is 0. The maximum absolute atomic E-state index is 12.0. The number of sulfonamides is 1. The van der Waals surface area contributed by atoms with Crippen LogP contribution in [-0.2, 0) is 19.6 Å². The van der Waals surface area contributed by atoms with Crippen LogP contribution in [0.2, 0.25) is 0 Å². The molecule has 0 aromatic heterocycles. The highest BCUT2D eigenvalue weighted by molar-refractivity contribution is 7.89. The van der Waals surface area contributed by atoms with Gasteiger partial charge >= 0.3 is 5.97 Å². The molecule has 8 heteroatoms. The van der Waals surface area contributed by atoms with E-state index < -0.39 is 22.0 Å². The van der Waals surface area contributed by atoms with Gasteiger partial charge in [-0.1, -0.05) is 0 Å². The van der Waals surface area contributed by atoms with Gasteiger partial charge in [-0.2, -0.15) is 4.31 Å². The molecule has 1 aliphatic rings. The van der Waals surface area contributed by atoms with Crippen LogP contribution in [0, 0.1) is 0 Å². The Kier molecular flexibility index (Phi) is 5.09. The number of hydrogen-bond donors (Lipinski definition) is 2. The molecular weight excluding hydrogens is 260 g/mol. The van der Waals surface area contributed by atoms with Gasteiger partial charge in [-0.05, 0) is 19.3 Å². The number of nitrogens with zero attached hydrogens (tertiary/aromatic N) is 1. The first-order chi connectivity index (χ1) is 8.38. The molecule has 1 fully saturated rings. The molecule has 0 bridgehead atoms. The molecule has 1 unspecified atom stereocenters. The van der Waals surface area contributed by atoms with Crippen LogP contribution < -0.4 is 5.32 Å². The zero-order valence-electron chi connectivity index (χ0n) is 10.3. The van der Waals surface area contributed by atoms with Crippen LogP contribution in [0.25, 0.3) is 0 Å². The Hall–Kier alpha value is -1.15. The molecule has 1 amide bonds. The van der Waals surface area contributed by atoms with Crippen molar-refractivity contribution in [3.8, 4) is 0 Å². The molecule has 2 N–H and O–H groups in total. The lowest BCUT2D eigenvalue weighted by Gasteiger charge is -2.22. The molecule has 1 aliphatic heterocycles. The van der Waals surface area contributed by atoms with Crippen LogP contribution in [0.1, 0.15) is 25.7 Å². The van der Waals surface area contributed by atoms with Crippen molar-refractivity contribution in [1.82, 2.24) is 9.62 Å². The number of carboxylic acids is 1. The molecule has 0 saturated carbocycles. The van der Waals surface area contributed by atoms with Gasteiger partial charge in [0.1, 0.15) is 6.04 Å². The molecule has 0 radical (unpaired) electrons. The van der Waals surface area contributed by atoms with E-state index in [4.69, 9.17) is 5.11 Å². The van der Waals surface area contributed by atoms with E-state index in [0.717, 1.165) is 0 Å². The Labute approximate surface area is 106 Å². The summed E-state index contributed by atoms with van der Waals surface area (Å²) in [5, 5.41) is 10.9. The summed E-state index contributed by atoms with van der Waals surface area (Å²) in [7, 11) is -2.08. The number of nitrogens with one attached hydrogen (secondary N) is 1. The lowest BCUT2D eigenvalue weighted by atomic mass is 10.2. The molecule has 1 atom stereocenters. The van der Waals surface area contributed by atoms with Crippen molar-refractivity contribution >= 4 is 21.9 Å². The monoisotopic (exact) mass is 278 g/mol. The smallest absolute Gasteiger partial charge is 0.303 e. The molecule has 1 saturated heterocycles. The van der Waals surface area contributed by atoms with Crippen molar-refractivity contribution < 1.29 is 23.1 Å². The minimum Gasteiger partial charge on any atom is -0.481 e. The summed E-state index contributed by atoms with van der Waals surface area (Å²) in [6, 6.07) is -0.648. The SMILES string of the molecule is CNC(=O)C1CCCN1S(=O)(=O)CCCC(=O)O. The van der Waals surface area contributed by atoms with Gasteiger partial charge in [0.15, 0.2) is 0 Å². The number of hydrogen-bond acceptors (Lipinski definition) is 4. The normalized spacial score (nSPS) is 20.8. The highest BCUT2D eigenvalue weighted by atomic mass is 32.2. The van der Waals surface area contributed by atoms with Gasteiger partial charge in [0.25, 0.3) is 0 Å². The Balaban J connectivity index is 2.66. The van der Waals surface area contributed by atoms with E-state index >= 15 is 0 Å². The average molecular weight is 278 g/mol. The zero-order valence-corrected chi connectivity index (χ0v) is 11.1. The zero-order chi connectivity index (χ0) is 13.8. The van der Waals surface area contributed by atoms with Crippen molar-refractivity contribution in [2.75, 3.05) is 19.3 Å². The van der Waals surface area contributed by atoms with E-state index in [9.17, 15) is 18.0 Å². The van der Waals surface area contributed by atoms with Gasteiger partial charge in [0, 0.05) is 20.0 Å². The highest BCUT2D eigenvalue weighted by Crippen LogP contribution is 2.22. The maximum atomic E-state index is 12.0. The predicted molar refractivity (Wildman–Crippen MR) is 64.5 cm³/mol. The Bertz CT molecular complexity index is 420. The van der Waals surface area contributed by atoms with E-state index in [0.29, 0.717) is 19.4 Å². The van der Waals surface area contributed by atoms with Gasteiger partial charge < -0.3 is 10.4 Å². The number of likely N-dealkylation sites (N-methyl/N-ethyl adjacent to an activating group) is 1. The highest BCUT2D eigenvalue weighted by Gasteiger charge is 2.37. The minimum absolute atomic E-state index is 0.0641. The van der Waals surface area contributed by atoms with Crippen LogP contribution in [0.15, 0.2) is 0 Å². The standard InChI is InChI=1S/C10H18N2O5S/c1-11-10(15)8-4-2-6-12(8)18(16,17)7-3-5-9(13)14/h8H,2-7H2,1H3,(H,11,15)(H,13,14). The number of amides is 1. The van der Waals surface area contributed by atoms with Gasteiger partial charge in [-0.3, -0.25) is 9.59 Å². The molecule has 104 valence electrons. The third-order valence-corrected chi connectivity index (χ3v) is 4.86. The summed E-state index contributed by atoms with van der Waals surface area (Å²) in [6.45, 7) is 0.327. The molecule has 7 nitrogen and oxygen atoms in total. The molecule has 1 heterocycles. The van der Waals surface area contributed by atoms with Gasteiger partial charge in [-0.15, -0.1) is 0 Å². The number of aliphatic carboxylic acids is 1. The lowest BCUT2D eigenvalue weighted by molar-refractivity contribution is -0.137. The second kappa shape index (κ2) is 6.14. The van der Waals surface area contributed by atoms with E-state index in [1.807, 2.05) is 0 Å². The van der Waals surface area contributed by atoms with E-state index in [-0.39, 0.29) is 24.5 Å². The molecule has 0 spiro atoms. The third-order valence-electron chi connectivity index (χ3n) is 2.90.